The topological polar surface area (TPSA) is 92.6 Å². The van der Waals surface area contributed by atoms with Crippen molar-refractivity contribution < 1.29 is 13.3 Å². The van der Waals surface area contributed by atoms with Gasteiger partial charge in [-0.25, -0.2) is 13.1 Å². The minimum absolute atomic E-state index is 0.00143. The van der Waals surface area contributed by atoms with Crippen molar-refractivity contribution in [3.63, 3.8) is 0 Å². The number of nitrogens with one attached hydrogen (secondary N) is 1. The van der Waals surface area contributed by atoms with Gasteiger partial charge in [0.25, 0.3) is 5.69 Å². The fraction of sp³-hybridized carbons (Fsp3) is 0.500. The molecule has 0 atom stereocenters. The highest BCUT2D eigenvalue weighted by Crippen LogP contribution is 2.23. The summed E-state index contributed by atoms with van der Waals surface area (Å²) in [4.78, 5) is 12.2. The van der Waals surface area contributed by atoms with E-state index in [0.717, 1.165) is 6.26 Å². The zero-order chi connectivity index (χ0) is 16.0. The molecule has 1 aromatic rings. The molecule has 0 radical (unpaired) electrons. The van der Waals surface area contributed by atoms with E-state index < -0.39 is 14.9 Å². The van der Waals surface area contributed by atoms with Crippen LogP contribution in [0.1, 0.15) is 12.0 Å². The molecule has 0 aliphatic rings. The number of benzene rings is 1. The second kappa shape index (κ2) is 7.69. The van der Waals surface area contributed by atoms with Crippen LogP contribution in [0.3, 0.4) is 0 Å². The Morgan fingerprint density at radius 2 is 2.10 bits per heavy atom. The molecule has 0 saturated heterocycles. The fourth-order valence-electron chi connectivity index (χ4n) is 1.77. The highest BCUT2D eigenvalue weighted by atomic mass is 35.5. The number of nitro groups is 1. The number of rotatable bonds is 8. The molecule has 0 spiro atoms. The molecule has 0 heterocycles. The monoisotopic (exact) mass is 335 g/mol. The molecule has 9 heteroatoms. The van der Waals surface area contributed by atoms with Crippen molar-refractivity contribution >= 4 is 27.3 Å². The molecule has 21 heavy (non-hydrogen) atoms. The van der Waals surface area contributed by atoms with Gasteiger partial charge in [-0.3, -0.25) is 10.1 Å². The molecule has 1 rings (SSSR count). The summed E-state index contributed by atoms with van der Waals surface area (Å²) in [6, 6.07) is 4.32. The Morgan fingerprint density at radius 1 is 1.43 bits per heavy atom. The zero-order valence-electron chi connectivity index (χ0n) is 11.9. The summed E-state index contributed by atoms with van der Waals surface area (Å²) in [5.41, 5.74) is 0.672. The van der Waals surface area contributed by atoms with Gasteiger partial charge in [0.05, 0.1) is 11.2 Å². The van der Waals surface area contributed by atoms with Crippen LogP contribution in [0.25, 0.3) is 0 Å². The van der Waals surface area contributed by atoms with Gasteiger partial charge >= 0.3 is 0 Å². The highest BCUT2D eigenvalue weighted by molar-refractivity contribution is 7.88. The predicted octanol–water partition coefficient (Wildman–Crippen LogP) is 1.62. The molecular formula is C12H18ClN3O4S. The molecule has 1 aromatic carbocycles. The van der Waals surface area contributed by atoms with Crippen molar-refractivity contribution in [2.45, 2.75) is 13.0 Å². The number of hydrogen-bond acceptors (Lipinski definition) is 5. The first-order valence-electron chi connectivity index (χ1n) is 6.25. The van der Waals surface area contributed by atoms with Crippen molar-refractivity contribution in [3.8, 4) is 0 Å². The molecule has 0 saturated carbocycles. The van der Waals surface area contributed by atoms with E-state index in [9.17, 15) is 18.5 Å². The maximum absolute atomic E-state index is 10.9. The first-order valence-corrected chi connectivity index (χ1v) is 8.52. The van der Waals surface area contributed by atoms with E-state index >= 15 is 0 Å². The number of hydrogen-bond donors (Lipinski definition) is 1. The van der Waals surface area contributed by atoms with Gasteiger partial charge in [-0.1, -0.05) is 11.6 Å². The lowest BCUT2D eigenvalue weighted by atomic mass is 10.2. The van der Waals surface area contributed by atoms with Crippen LogP contribution in [0.2, 0.25) is 5.02 Å². The lowest BCUT2D eigenvalue weighted by Crippen LogP contribution is -2.27. The van der Waals surface area contributed by atoms with Gasteiger partial charge in [0, 0.05) is 30.2 Å². The standard InChI is InChI=1S/C12H18ClN3O4S/c1-15(7-3-6-14-21(2,19)20)9-10-8-11(16(17)18)4-5-12(10)13/h4-5,8,14H,3,6-7,9H2,1-2H3. The molecular weight excluding hydrogens is 318 g/mol. The molecule has 0 aliphatic carbocycles. The van der Waals surface area contributed by atoms with E-state index in [1.807, 2.05) is 11.9 Å². The Kier molecular flexibility index (Phi) is 6.53. The van der Waals surface area contributed by atoms with Crippen molar-refractivity contribution in [1.29, 1.82) is 0 Å². The largest absolute Gasteiger partial charge is 0.302 e. The first kappa shape index (κ1) is 17.8. The normalized spacial score (nSPS) is 11.8. The van der Waals surface area contributed by atoms with Gasteiger partial charge in [-0.2, -0.15) is 0 Å². The van der Waals surface area contributed by atoms with Gasteiger partial charge in [0.1, 0.15) is 0 Å². The van der Waals surface area contributed by atoms with E-state index in [1.165, 1.54) is 18.2 Å². The van der Waals surface area contributed by atoms with Gasteiger partial charge in [0.2, 0.25) is 10.0 Å². The zero-order valence-corrected chi connectivity index (χ0v) is 13.4. The van der Waals surface area contributed by atoms with Crippen molar-refractivity contribution in [2.75, 3.05) is 26.4 Å². The summed E-state index contributed by atoms with van der Waals surface area (Å²) in [5.74, 6) is 0. The van der Waals surface area contributed by atoms with E-state index in [2.05, 4.69) is 4.72 Å². The smallest absolute Gasteiger partial charge is 0.269 e. The van der Waals surface area contributed by atoms with Crippen LogP contribution >= 0.6 is 11.6 Å². The van der Waals surface area contributed by atoms with E-state index in [1.54, 1.807) is 0 Å². The second-order valence-corrected chi connectivity index (χ2v) is 7.03. The lowest BCUT2D eigenvalue weighted by molar-refractivity contribution is -0.384. The van der Waals surface area contributed by atoms with Crippen LogP contribution in [0.15, 0.2) is 18.2 Å². The summed E-state index contributed by atoms with van der Waals surface area (Å²) in [7, 11) is -1.32. The van der Waals surface area contributed by atoms with Crippen LogP contribution in [0.5, 0.6) is 0 Å². The molecule has 7 nitrogen and oxygen atoms in total. The van der Waals surface area contributed by atoms with Crippen molar-refractivity contribution in [2.24, 2.45) is 0 Å². The Morgan fingerprint density at radius 3 is 2.67 bits per heavy atom. The third-order valence-corrected chi connectivity index (χ3v) is 3.86. The van der Waals surface area contributed by atoms with Crippen molar-refractivity contribution in [3.05, 3.63) is 38.9 Å². The summed E-state index contributed by atoms with van der Waals surface area (Å²) in [6.07, 6.45) is 1.75. The molecule has 0 aromatic heterocycles. The molecule has 0 unspecified atom stereocenters. The van der Waals surface area contributed by atoms with Gasteiger partial charge in [-0.05, 0) is 31.6 Å². The van der Waals surface area contributed by atoms with E-state index in [0.29, 0.717) is 36.6 Å². The Balaban J connectivity index is 2.53. The maximum atomic E-state index is 10.9. The molecule has 0 bridgehead atoms. The molecule has 1 N–H and O–H groups in total. The average Bonchev–Trinajstić information content (AvgIpc) is 2.36. The Hall–Kier alpha value is -1.22. The molecule has 118 valence electrons. The van der Waals surface area contributed by atoms with Crippen LogP contribution in [-0.4, -0.2) is 44.6 Å². The Labute approximate surface area is 129 Å². The summed E-state index contributed by atoms with van der Waals surface area (Å²) < 4.78 is 24.2. The summed E-state index contributed by atoms with van der Waals surface area (Å²) >= 11 is 6.03. The average molecular weight is 336 g/mol. The molecule has 0 fully saturated rings. The maximum Gasteiger partial charge on any atom is 0.269 e. The summed E-state index contributed by atoms with van der Waals surface area (Å²) in [6.45, 7) is 1.45. The predicted molar refractivity (Wildman–Crippen MR) is 81.9 cm³/mol. The van der Waals surface area contributed by atoms with E-state index in [-0.39, 0.29) is 5.69 Å². The third kappa shape index (κ3) is 6.85. The quantitative estimate of drug-likeness (QED) is 0.442. The van der Waals surface area contributed by atoms with Crippen LogP contribution < -0.4 is 4.72 Å². The number of nitro benzene ring substituents is 1. The third-order valence-electron chi connectivity index (χ3n) is 2.76. The SMILES string of the molecule is CN(CCCNS(C)(=O)=O)Cc1cc([N+](=O)[O-])ccc1Cl. The number of nitrogens with zero attached hydrogens (tertiary/aromatic N) is 2. The van der Waals surface area contributed by atoms with Crippen LogP contribution in [0.4, 0.5) is 5.69 Å². The van der Waals surface area contributed by atoms with Gasteiger partial charge < -0.3 is 4.90 Å². The summed E-state index contributed by atoms with van der Waals surface area (Å²) in [5, 5.41) is 11.2. The fourth-order valence-corrected chi connectivity index (χ4v) is 2.46. The Bertz CT molecular complexity index is 607. The lowest BCUT2D eigenvalue weighted by Gasteiger charge is -2.17. The number of halogens is 1. The number of non-ortho nitro benzene ring substituents is 1. The van der Waals surface area contributed by atoms with E-state index in [4.69, 9.17) is 11.6 Å². The first-order chi connectivity index (χ1) is 9.69. The van der Waals surface area contributed by atoms with Crippen LogP contribution in [0, 0.1) is 10.1 Å². The molecule has 0 amide bonds. The van der Waals surface area contributed by atoms with Crippen molar-refractivity contribution in [1.82, 2.24) is 9.62 Å². The minimum Gasteiger partial charge on any atom is -0.302 e. The minimum atomic E-state index is -3.17. The highest BCUT2D eigenvalue weighted by Gasteiger charge is 2.11. The van der Waals surface area contributed by atoms with Gasteiger partial charge in [0.15, 0.2) is 0 Å². The number of sulfonamides is 1. The van der Waals surface area contributed by atoms with Gasteiger partial charge in [-0.15, -0.1) is 0 Å². The second-order valence-electron chi connectivity index (χ2n) is 4.79. The molecule has 0 aliphatic heterocycles. The van der Waals surface area contributed by atoms with Crippen LogP contribution in [-0.2, 0) is 16.6 Å².